The smallest absolute Gasteiger partial charge is 0.262 e. The van der Waals surface area contributed by atoms with Gasteiger partial charge in [0.25, 0.3) is 10.0 Å². The van der Waals surface area contributed by atoms with Crippen molar-refractivity contribution < 1.29 is 12.8 Å². The largest absolute Gasteiger partial charge is 0.360 e. The van der Waals surface area contributed by atoms with Crippen molar-refractivity contribution >= 4 is 21.5 Å². The van der Waals surface area contributed by atoms with Crippen LogP contribution >= 0.6 is 0 Å². The minimum absolute atomic E-state index is 0.0491. The number of aryl methyl sites for hydroxylation is 1. The van der Waals surface area contributed by atoms with Gasteiger partial charge in [0.05, 0.1) is 16.8 Å². The zero-order valence-corrected chi connectivity index (χ0v) is 14.9. The van der Waals surface area contributed by atoms with Crippen LogP contribution in [0.1, 0.15) is 25.3 Å². The highest BCUT2D eigenvalue weighted by atomic mass is 32.2. The van der Waals surface area contributed by atoms with Crippen molar-refractivity contribution in [1.82, 2.24) is 4.98 Å². The quantitative estimate of drug-likeness (QED) is 0.828. The molecule has 0 bridgehead atoms. The Morgan fingerprint density at radius 1 is 1.25 bits per heavy atom. The second-order valence-electron chi connectivity index (χ2n) is 5.70. The first-order valence-corrected chi connectivity index (χ1v) is 9.28. The standard InChI is InChI=1S/C17H22FN3O2S/c1-4-5-10-21(3)17-9-7-15(12-19-17)20-24(22,23)16-8-6-14(18)11-13(16)2/h6-9,11-12,20H,4-5,10H2,1-3H3. The molecule has 2 aromatic rings. The van der Waals surface area contributed by atoms with E-state index in [1.165, 1.54) is 18.3 Å². The summed E-state index contributed by atoms with van der Waals surface area (Å²) in [5.41, 5.74) is 0.720. The van der Waals surface area contributed by atoms with Crippen molar-refractivity contribution in [3.05, 3.63) is 47.9 Å². The molecule has 0 saturated carbocycles. The monoisotopic (exact) mass is 351 g/mol. The maximum Gasteiger partial charge on any atom is 0.262 e. The maximum atomic E-state index is 13.1. The van der Waals surface area contributed by atoms with Crippen molar-refractivity contribution in [2.24, 2.45) is 0 Å². The van der Waals surface area contributed by atoms with Crippen LogP contribution < -0.4 is 9.62 Å². The number of benzene rings is 1. The van der Waals surface area contributed by atoms with Crippen LogP contribution in [0.15, 0.2) is 41.4 Å². The Labute approximate surface area is 142 Å². The third kappa shape index (κ3) is 4.44. The van der Waals surface area contributed by atoms with E-state index in [1.54, 1.807) is 19.1 Å². The van der Waals surface area contributed by atoms with Gasteiger partial charge in [-0.1, -0.05) is 13.3 Å². The SMILES string of the molecule is CCCCN(C)c1ccc(NS(=O)(=O)c2ccc(F)cc2C)cn1. The number of nitrogens with one attached hydrogen (secondary N) is 1. The zero-order valence-electron chi connectivity index (χ0n) is 14.1. The molecule has 7 heteroatoms. The van der Waals surface area contributed by atoms with E-state index in [1.807, 2.05) is 11.9 Å². The highest BCUT2D eigenvalue weighted by Gasteiger charge is 2.17. The fraction of sp³-hybridized carbons (Fsp3) is 0.353. The number of pyridine rings is 1. The van der Waals surface area contributed by atoms with Crippen LogP contribution in [-0.2, 0) is 10.0 Å². The molecule has 1 aromatic carbocycles. The van der Waals surface area contributed by atoms with Gasteiger partial charge in [-0.25, -0.2) is 17.8 Å². The number of halogens is 1. The predicted molar refractivity (Wildman–Crippen MR) is 94.4 cm³/mol. The Morgan fingerprint density at radius 3 is 2.58 bits per heavy atom. The van der Waals surface area contributed by atoms with Gasteiger partial charge in [0, 0.05) is 13.6 Å². The molecule has 5 nitrogen and oxygen atoms in total. The lowest BCUT2D eigenvalue weighted by atomic mass is 10.2. The fourth-order valence-corrected chi connectivity index (χ4v) is 3.58. The lowest BCUT2D eigenvalue weighted by Gasteiger charge is -2.18. The van der Waals surface area contributed by atoms with E-state index in [9.17, 15) is 12.8 Å². The summed E-state index contributed by atoms with van der Waals surface area (Å²) in [6.07, 6.45) is 3.64. The topological polar surface area (TPSA) is 62.3 Å². The summed E-state index contributed by atoms with van der Waals surface area (Å²) in [6, 6.07) is 7.02. The third-order valence-electron chi connectivity index (χ3n) is 3.66. The first kappa shape index (κ1) is 18.2. The molecule has 1 heterocycles. The summed E-state index contributed by atoms with van der Waals surface area (Å²) in [5.74, 6) is 0.317. The van der Waals surface area contributed by atoms with Gasteiger partial charge < -0.3 is 4.90 Å². The van der Waals surface area contributed by atoms with E-state index in [0.29, 0.717) is 11.3 Å². The molecule has 0 unspecified atom stereocenters. The summed E-state index contributed by atoms with van der Waals surface area (Å²) in [4.78, 5) is 6.35. The maximum absolute atomic E-state index is 13.1. The third-order valence-corrected chi connectivity index (χ3v) is 5.21. The molecule has 130 valence electrons. The molecule has 0 aliphatic rings. The summed E-state index contributed by atoms with van der Waals surface area (Å²) in [5, 5.41) is 0. The summed E-state index contributed by atoms with van der Waals surface area (Å²) in [6.45, 7) is 4.57. The van der Waals surface area contributed by atoms with Crippen LogP contribution in [0.25, 0.3) is 0 Å². The highest BCUT2D eigenvalue weighted by Crippen LogP contribution is 2.21. The number of aromatic nitrogens is 1. The van der Waals surface area contributed by atoms with Gasteiger partial charge in [-0.2, -0.15) is 0 Å². The zero-order chi connectivity index (χ0) is 17.7. The van der Waals surface area contributed by atoms with Crippen LogP contribution in [0.5, 0.6) is 0 Å². The van der Waals surface area contributed by atoms with Gasteiger partial charge in [-0.15, -0.1) is 0 Å². The molecule has 1 aromatic heterocycles. The molecular weight excluding hydrogens is 329 g/mol. The van der Waals surface area contributed by atoms with Crippen LogP contribution in [0, 0.1) is 12.7 Å². The highest BCUT2D eigenvalue weighted by molar-refractivity contribution is 7.92. The summed E-state index contributed by atoms with van der Waals surface area (Å²) < 4.78 is 40.5. The van der Waals surface area contributed by atoms with Gasteiger partial charge >= 0.3 is 0 Å². The fourth-order valence-electron chi connectivity index (χ4n) is 2.31. The summed E-state index contributed by atoms with van der Waals surface area (Å²) in [7, 11) is -1.83. The number of unbranched alkanes of at least 4 members (excludes halogenated alkanes) is 1. The van der Waals surface area contributed by atoms with Gasteiger partial charge in [-0.3, -0.25) is 4.72 Å². The average molecular weight is 351 g/mol. The first-order chi connectivity index (χ1) is 11.3. The van der Waals surface area contributed by atoms with Gasteiger partial charge in [0.15, 0.2) is 0 Å². The lowest BCUT2D eigenvalue weighted by molar-refractivity contribution is 0.598. The van der Waals surface area contributed by atoms with E-state index in [-0.39, 0.29) is 4.90 Å². The molecule has 0 fully saturated rings. The Balaban J connectivity index is 2.15. The van der Waals surface area contributed by atoms with Gasteiger partial charge in [0.1, 0.15) is 11.6 Å². The minimum atomic E-state index is -3.78. The molecule has 0 saturated heterocycles. The van der Waals surface area contributed by atoms with Crippen LogP contribution in [0.2, 0.25) is 0 Å². The Morgan fingerprint density at radius 2 is 2.00 bits per heavy atom. The molecule has 2 rings (SSSR count). The van der Waals surface area contributed by atoms with E-state index in [2.05, 4.69) is 16.6 Å². The van der Waals surface area contributed by atoms with Crippen molar-refractivity contribution in [3.8, 4) is 0 Å². The molecule has 0 spiro atoms. The summed E-state index contributed by atoms with van der Waals surface area (Å²) >= 11 is 0. The van der Waals surface area contributed by atoms with Crippen molar-refractivity contribution in [3.63, 3.8) is 0 Å². The first-order valence-electron chi connectivity index (χ1n) is 7.79. The second kappa shape index (κ2) is 7.61. The number of rotatable bonds is 7. The van der Waals surface area contributed by atoms with E-state index >= 15 is 0 Å². The predicted octanol–water partition coefficient (Wildman–Crippen LogP) is 3.57. The number of hydrogen-bond acceptors (Lipinski definition) is 4. The molecule has 1 N–H and O–H groups in total. The number of anilines is 2. The Kier molecular flexibility index (Phi) is 5.77. The van der Waals surface area contributed by atoms with Crippen molar-refractivity contribution in [2.45, 2.75) is 31.6 Å². The normalized spacial score (nSPS) is 11.3. The van der Waals surface area contributed by atoms with Crippen LogP contribution in [-0.4, -0.2) is 27.0 Å². The van der Waals surface area contributed by atoms with E-state index < -0.39 is 15.8 Å². The molecule has 24 heavy (non-hydrogen) atoms. The van der Waals surface area contributed by atoms with Gasteiger partial charge in [0.2, 0.25) is 0 Å². The van der Waals surface area contributed by atoms with E-state index in [0.717, 1.165) is 31.3 Å². The number of nitrogens with zero attached hydrogens (tertiary/aromatic N) is 2. The van der Waals surface area contributed by atoms with Gasteiger partial charge in [-0.05, 0) is 49.2 Å². The molecular formula is C17H22FN3O2S. The molecule has 0 aliphatic carbocycles. The van der Waals surface area contributed by atoms with Crippen LogP contribution in [0.3, 0.4) is 0 Å². The lowest BCUT2D eigenvalue weighted by Crippen LogP contribution is -2.19. The van der Waals surface area contributed by atoms with Crippen molar-refractivity contribution in [2.75, 3.05) is 23.2 Å². The Hall–Kier alpha value is -2.15. The Bertz CT molecular complexity index is 792. The van der Waals surface area contributed by atoms with Crippen molar-refractivity contribution in [1.29, 1.82) is 0 Å². The van der Waals surface area contributed by atoms with E-state index in [4.69, 9.17) is 0 Å². The molecule has 0 atom stereocenters. The molecule has 0 aliphatic heterocycles. The minimum Gasteiger partial charge on any atom is -0.360 e. The van der Waals surface area contributed by atoms with Crippen LogP contribution in [0.4, 0.5) is 15.9 Å². The second-order valence-corrected chi connectivity index (χ2v) is 7.35. The number of sulfonamides is 1. The molecule has 0 radical (unpaired) electrons. The number of hydrogen-bond donors (Lipinski definition) is 1. The molecule has 0 amide bonds. The average Bonchev–Trinajstić information content (AvgIpc) is 2.52.